The second kappa shape index (κ2) is 9.49. The van der Waals surface area contributed by atoms with E-state index >= 15 is 0 Å². The van der Waals surface area contributed by atoms with Crippen molar-refractivity contribution in [2.45, 2.75) is 30.7 Å². The molecule has 3 aromatic rings. The Morgan fingerprint density at radius 2 is 2.11 bits per heavy atom. The lowest BCUT2D eigenvalue weighted by Gasteiger charge is -2.34. The standard InChI is InChI=1S/C19H20F2N4OS2/c1-14(28-27-9-7-16-4-2-3-8-23-16)19(26,11-25-13-22-12-24-25)17-10-15(20)5-6-18(17)21/h2-6,8,10,12-14,26H,7,9,11H2,1H3/t14-,19-/m1/s1. The molecule has 0 spiro atoms. The highest BCUT2D eigenvalue weighted by atomic mass is 33.1. The zero-order chi connectivity index (χ0) is 20.0. The number of hydrogen-bond acceptors (Lipinski definition) is 6. The molecule has 0 saturated heterocycles. The lowest BCUT2D eigenvalue weighted by atomic mass is 9.90. The summed E-state index contributed by atoms with van der Waals surface area (Å²) in [5.74, 6) is -0.486. The molecule has 3 rings (SSSR count). The predicted molar refractivity (Wildman–Crippen MR) is 108 cm³/mol. The van der Waals surface area contributed by atoms with Crippen LogP contribution in [0.5, 0.6) is 0 Å². The van der Waals surface area contributed by atoms with E-state index in [1.54, 1.807) is 23.9 Å². The quantitative estimate of drug-likeness (QED) is 0.417. The molecule has 0 saturated carbocycles. The van der Waals surface area contributed by atoms with Crippen molar-refractivity contribution in [3.8, 4) is 0 Å². The summed E-state index contributed by atoms with van der Waals surface area (Å²) < 4.78 is 29.7. The minimum absolute atomic E-state index is 0.0393. The van der Waals surface area contributed by atoms with E-state index in [1.807, 2.05) is 18.2 Å². The van der Waals surface area contributed by atoms with Crippen molar-refractivity contribution in [2.75, 3.05) is 5.75 Å². The molecule has 1 aromatic carbocycles. The number of aryl methyl sites for hydroxylation is 1. The van der Waals surface area contributed by atoms with E-state index in [1.165, 1.54) is 28.1 Å². The number of aromatic nitrogens is 4. The summed E-state index contributed by atoms with van der Waals surface area (Å²) in [6, 6.07) is 8.87. The zero-order valence-electron chi connectivity index (χ0n) is 15.2. The molecule has 148 valence electrons. The Morgan fingerprint density at radius 1 is 1.25 bits per heavy atom. The Bertz CT molecular complexity index is 883. The first-order valence-corrected chi connectivity index (χ1v) is 11.1. The van der Waals surface area contributed by atoms with Gasteiger partial charge in [-0.25, -0.2) is 18.4 Å². The van der Waals surface area contributed by atoms with Crippen LogP contribution in [0.1, 0.15) is 18.2 Å². The lowest BCUT2D eigenvalue weighted by molar-refractivity contribution is 0.0135. The van der Waals surface area contributed by atoms with Crippen LogP contribution in [0, 0.1) is 11.6 Å². The van der Waals surface area contributed by atoms with E-state index < -0.39 is 22.5 Å². The Morgan fingerprint density at radius 3 is 2.82 bits per heavy atom. The van der Waals surface area contributed by atoms with Crippen molar-refractivity contribution in [1.29, 1.82) is 0 Å². The van der Waals surface area contributed by atoms with Crippen LogP contribution >= 0.6 is 21.6 Å². The van der Waals surface area contributed by atoms with Gasteiger partial charge in [0.2, 0.25) is 0 Å². The molecule has 0 aliphatic rings. The molecule has 0 unspecified atom stereocenters. The maximum Gasteiger partial charge on any atom is 0.137 e. The first-order valence-electron chi connectivity index (χ1n) is 8.67. The van der Waals surface area contributed by atoms with Crippen molar-refractivity contribution in [3.63, 3.8) is 0 Å². The first kappa shape index (κ1) is 20.8. The average molecular weight is 423 g/mol. The van der Waals surface area contributed by atoms with Gasteiger partial charge < -0.3 is 5.11 Å². The SMILES string of the molecule is C[C@@H](SSCCc1ccccn1)[C@](O)(Cn1cncn1)c1cc(F)ccc1F. The van der Waals surface area contributed by atoms with Crippen molar-refractivity contribution in [1.82, 2.24) is 19.7 Å². The van der Waals surface area contributed by atoms with Gasteiger partial charge in [-0.3, -0.25) is 4.98 Å². The van der Waals surface area contributed by atoms with E-state index in [4.69, 9.17) is 0 Å². The van der Waals surface area contributed by atoms with Crippen molar-refractivity contribution < 1.29 is 13.9 Å². The van der Waals surface area contributed by atoms with Crippen molar-refractivity contribution in [2.24, 2.45) is 0 Å². The smallest absolute Gasteiger partial charge is 0.137 e. The molecule has 9 heteroatoms. The average Bonchev–Trinajstić information content (AvgIpc) is 3.20. The van der Waals surface area contributed by atoms with E-state index in [0.717, 1.165) is 36.1 Å². The topological polar surface area (TPSA) is 63.8 Å². The number of benzene rings is 1. The molecule has 2 atom stereocenters. The minimum atomic E-state index is -1.66. The summed E-state index contributed by atoms with van der Waals surface area (Å²) in [5.41, 5.74) is -0.770. The van der Waals surface area contributed by atoms with E-state index in [2.05, 4.69) is 15.1 Å². The molecule has 0 amide bonds. The van der Waals surface area contributed by atoms with Crippen LogP contribution in [-0.2, 0) is 18.6 Å². The monoisotopic (exact) mass is 422 g/mol. The van der Waals surface area contributed by atoms with Crippen LogP contribution in [0.15, 0.2) is 55.2 Å². The van der Waals surface area contributed by atoms with Crippen LogP contribution in [0.2, 0.25) is 0 Å². The number of hydrogen-bond donors (Lipinski definition) is 1. The summed E-state index contributed by atoms with van der Waals surface area (Å²) in [6.07, 6.45) is 5.30. The molecule has 0 aliphatic heterocycles. The number of halogens is 2. The Kier molecular flexibility index (Phi) is 7.03. The highest BCUT2D eigenvalue weighted by Gasteiger charge is 2.40. The van der Waals surface area contributed by atoms with Gasteiger partial charge in [-0.2, -0.15) is 5.10 Å². The molecule has 0 radical (unpaired) electrons. The molecule has 0 aliphatic carbocycles. The molecule has 0 fully saturated rings. The molecule has 5 nitrogen and oxygen atoms in total. The van der Waals surface area contributed by atoms with Gasteiger partial charge in [-0.15, -0.1) is 0 Å². The summed E-state index contributed by atoms with van der Waals surface area (Å²) in [4.78, 5) is 8.14. The second-order valence-corrected chi connectivity index (χ2v) is 9.10. The fourth-order valence-corrected chi connectivity index (χ4v) is 5.33. The lowest BCUT2D eigenvalue weighted by Crippen LogP contribution is -2.41. The Balaban J connectivity index is 1.73. The van der Waals surface area contributed by atoms with Gasteiger partial charge in [0.1, 0.15) is 29.9 Å². The number of pyridine rings is 1. The van der Waals surface area contributed by atoms with Crippen LogP contribution in [-0.4, -0.2) is 35.9 Å². The Hall–Kier alpha value is -1.97. The number of nitrogens with zero attached hydrogens (tertiary/aromatic N) is 4. The molecule has 1 N–H and O–H groups in total. The van der Waals surface area contributed by atoms with Crippen molar-refractivity contribution in [3.05, 3.63) is 78.1 Å². The van der Waals surface area contributed by atoms with Gasteiger partial charge in [0.25, 0.3) is 0 Å². The third kappa shape index (κ3) is 5.09. The normalized spacial score (nSPS) is 14.6. The first-order chi connectivity index (χ1) is 13.5. The van der Waals surface area contributed by atoms with Gasteiger partial charge in [-0.05, 0) is 43.7 Å². The van der Waals surface area contributed by atoms with Crippen LogP contribution in [0.3, 0.4) is 0 Å². The summed E-state index contributed by atoms with van der Waals surface area (Å²) >= 11 is 0. The highest BCUT2D eigenvalue weighted by molar-refractivity contribution is 8.76. The number of rotatable bonds is 9. The second-order valence-electron chi connectivity index (χ2n) is 6.27. The third-order valence-corrected chi connectivity index (χ3v) is 7.28. The fourth-order valence-electron chi connectivity index (χ4n) is 2.75. The maximum absolute atomic E-state index is 14.5. The largest absolute Gasteiger partial charge is 0.382 e. The molecular formula is C19H20F2N4OS2. The fraction of sp³-hybridized carbons (Fsp3) is 0.316. The predicted octanol–water partition coefficient (Wildman–Crippen LogP) is 3.85. The summed E-state index contributed by atoms with van der Waals surface area (Å²) in [5, 5.41) is 15.0. The van der Waals surface area contributed by atoms with Gasteiger partial charge >= 0.3 is 0 Å². The molecule has 0 bridgehead atoms. The van der Waals surface area contributed by atoms with Crippen LogP contribution in [0.4, 0.5) is 8.78 Å². The molecular weight excluding hydrogens is 402 g/mol. The molecule has 2 heterocycles. The number of aliphatic hydroxyl groups is 1. The van der Waals surface area contributed by atoms with Gasteiger partial charge in [0.15, 0.2) is 0 Å². The summed E-state index contributed by atoms with van der Waals surface area (Å²) in [7, 11) is 2.98. The molecule has 28 heavy (non-hydrogen) atoms. The highest BCUT2D eigenvalue weighted by Crippen LogP contribution is 2.41. The Labute approximate surface area is 170 Å². The van der Waals surface area contributed by atoms with E-state index in [9.17, 15) is 13.9 Å². The van der Waals surface area contributed by atoms with Gasteiger partial charge in [-0.1, -0.05) is 27.7 Å². The third-order valence-electron chi connectivity index (χ3n) is 4.32. The molecule has 2 aromatic heterocycles. The van der Waals surface area contributed by atoms with E-state index in [-0.39, 0.29) is 12.1 Å². The van der Waals surface area contributed by atoms with E-state index in [0.29, 0.717) is 0 Å². The maximum atomic E-state index is 14.5. The summed E-state index contributed by atoms with van der Waals surface area (Å²) in [6.45, 7) is 1.75. The van der Waals surface area contributed by atoms with Crippen molar-refractivity contribution >= 4 is 21.6 Å². The minimum Gasteiger partial charge on any atom is -0.382 e. The van der Waals surface area contributed by atoms with Gasteiger partial charge in [0.05, 0.1) is 6.54 Å². The van der Waals surface area contributed by atoms with Crippen LogP contribution < -0.4 is 0 Å². The van der Waals surface area contributed by atoms with Crippen LogP contribution in [0.25, 0.3) is 0 Å². The van der Waals surface area contributed by atoms with Gasteiger partial charge in [0, 0.05) is 28.5 Å². The zero-order valence-corrected chi connectivity index (χ0v) is 16.8.